The van der Waals surface area contributed by atoms with Crippen molar-refractivity contribution in [2.75, 3.05) is 0 Å². The molecule has 3 heteroatoms. The molecule has 0 fully saturated rings. The first-order valence-electron chi connectivity index (χ1n) is 3.77. The lowest BCUT2D eigenvalue weighted by atomic mass is 10.2. The van der Waals surface area contributed by atoms with E-state index in [4.69, 9.17) is 5.53 Å². The van der Waals surface area contributed by atoms with Gasteiger partial charge in [0.15, 0.2) is 0 Å². The maximum absolute atomic E-state index is 10.8. The van der Waals surface area contributed by atoms with Gasteiger partial charge in [0.2, 0.25) is 0 Å². The van der Waals surface area contributed by atoms with Gasteiger partial charge in [-0.2, -0.15) is 4.79 Å². The van der Waals surface area contributed by atoms with Crippen LogP contribution in [0.3, 0.4) is 0 Å². The van der Waals surface area contributed by atoms with Gasteiger partial charge < -0.3 is 5.53 Å². The Hall–Kier alpha value is -1.99. The van der Waals surface area contributed by atoms with Gasteiger partial charge in [-0.05, 0) is 11.6 Å². The number of allylic oxidation sites excluding steroid dienone is 1. The van der Waals surface area contributed by atoms with E-state index in [9.17, 15) is 4.79 Å². The van der Waals surface area contributed by atoms with E-state index in [2.05, 4.69) is 4.79 Å². The second-order valence-electron chi connectivity index (χ2n) is 2.39. The lowest BCUT2D eigenvalue weighted by Crippen LogP contribution is -1.92. The molecule has 0 saturated heterocycles. The Kier molecular flexibility index (Phi) is 3.36. The zero-order valence-corrected chi connectivity index (χ0v) is 6.92. The molecule has 0 bridgehead atoms. The molecular weight excluding hydrogens is 164 g/mol. The molecule has 64 valence electrons. The van der Waals surface area contributed by atoms with Crippen LogP contribution in [0.25, 0.3) is 11.6 Å². The van der Waals surface area contributed by atoms with Crippen molar-refractivity contribution < 1.29 is 9.58 Å². The summed E-state index contributed by atoms with van der Waals surface area (Å²) in [5.41, 5.74) is 8.98. The molecule has 1 aromatic carbocycles. The third-order valence-electron chi connectivity index (χ3n) is 1.42. The van der Waals surface area contributed by atoms with Gasteiger partial charge in [-0.3, -0.25) is 4.79 Å². The Morgan fingerprint density at radius 3 is 2.62 bits per heavy atom. The zero-order valence-electron chi connectivity index (χ0n) is 6.92. The van der Waals surface area contributed by atoms with Crippen LogP contribution >= 0.6 is 0 Å². The number of nitrogens with zero attached hydrogens (tertiary/aromatic N) is 2. The van der Waals surface area contributed by atoms with E-state index in [1.165, 1.54) is 6.08 Å². The monoisotopic (exact) mass is 172 g/mol. The van der Waals surface area contributed by atoms with Gasteiger partial charge in [0.1, 0.15) is 0 Å². The summed E-state index contributed by atoms with van der Waals surface area (Å²) in [7, 11) is 0. The van der Waals surface area contributed by atoms with Gasteiger partial charge in [0, 0.05) is 0 Å². The first-order valence-corrected chi connectivity index (χ1v) is 3.77. The molecule has 0 aliphatic rings. The van der Waals surface area contributed by atoms with Gasteiger partial charge in [0.25, 0.3) is 5.78 Å². The summed E-state index contributed by atoms with van der Waals surface area (Å²) in [4.78, 5) is 13.4. The van der Waals surface area contributed by atoms with Gasteiger partial charge in [0.05, 0.1) is 0 Å². The smallest absolute Gasteiger partial charge is 0.327 e. The molecule has 1 rings (SSSR count). The first-order chi connectivity index (χ1) is 6.33. The molecule has 0 heterocycles. The van der Waals surface area contributed by atoms with Gasteiger partial charge in [-0.15, -0.1) is 0 Å². The molecule has 0 spiro atoms. The van der Waals surface area contributed by atoms with Crippen LogP contribution in [0, 0.1) is 0 Å². The summed E-state index contributed by atoms with van der Waals surface area (Å²) in [6.07, 6.45) is 3.85. The van der Waals surface area contributed by atoms with Gasteiger partial charge in [-0.25, -0.2) is 0 Å². The van der Waals surface area contributed by atoms with E-state index in [0.717, 1.165) is 11.8 Å². The molecule has 3 nitrogen and oxygen atoms in total. The van der Waals surface area contributed by atoms with E-state index in [-0.39, 0.29) is 5.78 Å². The van der Waals surface area contributed by atoms with Crippen molar-refractivity contribution in [1.29, 1.82) is 0 Å². The molecule has 0 atom stereocenters. The summed E-state index contributed by atoms with van der Waals surface area (Å²) < 4.78 is 0. The fraction of sp³-hybridized carbons (Fsp3) is 0. The summed E-state index contributed by atoms with van der Waals surface area (Å²) >= 11 is 0. The second kappa shape index (κ2) is 4.80. The van der Waals surface area contributed by atoms with Crippen molar-refractivity contribution >= 4 is 18.1 Å². The van der Waals surface area contributed by atoms with E-state index < -0.39 is 0 Å². The number of ketones is 1. The molecule has 0 aliphatic heterocycles. The third-order valence-corrected chi connectivity index (χ3v) is 1.42. The Balaban J connectivity index is 2.69. The van der Waals surface area contributed by atoms with Gasteiger partial charge >= 0.3 is 6.21 Å². The van der Waals surface area contributed by atoms with E-state index in [1.807, 2.05) is 30.3 Å². The number of benzene rings is 1. The van der Waals surface area contributed by atoms with Crippen LogP contribution in [-0.4, -0.2) is 16.8 Å². The van der Waals surface area contributed by atoms with Crippen molar-refractivity contribution in [2.24, 2.45) is 0 Å². The second-order valence-corrected chi connectivity index (χ2v) is 2.39. The summed E-state index contributed by atoms with van der Waals surface area (Å²) in [5, 5.41) is 0. The largest absolute Gasteiger partial charge is 0.361 e. The number of carbonyl (C=O) groups excluding carboxylic acids is 1. The van der Waals surface area contributed by atoms with Crippen molar-refractivity contribution in [1.82, 2.24) is 0 Å². The zero-order chi connectivity index (χ0) is 9.52. The third kappa shape index (κ3) is 3.27. The normalized spacial score (nSPS) is 9.54. The van der Waals surface area contributed by atoms with Crippen LogP contribution in [0.2, 0.25) is 0 Å². The fourth-order valence-corrected chi connectivity index (χ4v) is 0.842. The number of carbonyl (C=O) groups is 1. The average Bonchev–Trinajstić information content (AvgIpc) is 2.17. The van der Waals surface area contributed by atoms with Crippen molar-refractivity contribution in [2.45, 2.75) is 0 Å². The van der Waals surface area contributed by atoms with E-state index >= 15 is 0 Å². The Morgan fingerprint density at radius 2 is 2.00 bits per heavy atom. The molecule has 0 aliphatic carbocycles. The maximum Gasteiger partial charge on any atom is 0.327 e. The van der Waals surface area contributed by atoms with E-state index in [1.54, 1.807) is 6.08 Å². The van der Waals surface area contributed by atoms with Crippen LogP contribution in [0.5, 0.6) is 0 Å². The van der Waals surface area contributed by atoms with Crippen LogP contribution in [0.4, 0.5) is 0 Å². The predicted molar refractivity (Wildman–Crippen MR) is 50.2 cm³/mol. The predicted octanol–water partition coefficient (Wildman–Crippen LogP) is 1.57. The van der Waals surface area contributed by atoms with Crippen LogP contribution in [0.1, 0.15) is 5.56 Å². The molecule has 0 aromatic heterocycles. The molecule has 1 aromatic rings. The highest BCUT2D eigenvalue weighted by Crippen LogP contribution is 2.00. The number of rotatable bonds is 3. The van der Waals surface area contributed by atoms with Crippen molar-refractivity contribution in [3.8, 4) is 0 Å². The lowest BCUT2D eigenvalue weighted by Gasteiger charge is -1.87. The number of hydrogen-bond donors (Lipinski definition) is 0. The van der Waals surface area contributed by atoms with Crippen LogP contribution in [-0.2, 0) is 4.79 Å². The summed E-state index contributed by atoms with van der Waals surface area (Å²) in [6.45, 7) is 0. The van der Waals surface area contributed by atoms with Crippen LogP contribution in [0.15, 0.2) is 36.4 Å². The first kappa shape index (κ1) is 9.10. The minimum absolute atomic E-state index is 0.341. The SMILES string of the molecule is [N-]=[N+]=CC(=O)/C=C\c1ccccc1. The van der Waals surface area contributed by atoms with Crippen LogP contribution < -0.4 is 0 Å². The standard InChI is InChI=1S/C10H8N2O/c11-12-8-10(13)7-6-9-4-2-1-3-5-9/h1-8H/b7-6-. The Morgan fingerprint density at radius 1 is 1.31 bits per heavy atom. The molecule has 0 amide bonds. The highest BCUT2D eigenvalue weighted by Gasteiger charge is 1.93. The molecule has 0 radical (unpaired) electrons. The van der Waals surface area contributed by atoms with E-state index in [0.29, 0.717) is 0 Å². The fourth-order valence-electron chi connectivity index (χ4n) is 0.842. The molecule has 0 N–H and O–H groups in total. The molecule has 0 saturated carbocycles. The summed E-state index contributed by atoms with van der Waals surface area (Å²) in [6, 6.07) is 9.41. The average molecular weight is 172 g/mol. The topological polar surface area (TPSA) is 53.5 Å². The van der Waals surface area contributed by atoms with Gasteiger partial charge in [-0.1, -0.05) is 36.4 Å². The molecule has 13 heavy (non-hydrogen) atoms. The Labute approximate surface area is 75.9 Å². The lowest BCUT2D eigenvalue weighted by molar-refractivity contribution is -0.111. The molecular formula is C10H8N2O. The van der Waals surface area contributed by atoms with Crippen molar-refractivity contribution in [3.63, 3.8) is 0 Å². The maximum atomic E-state index is 10.8. The molecule has 0 unspecified atom stereocenters. The Bertz CT molecular complexity index is 362. The summed E-state index contributed by atoms with van der Waals surface area (Å²) in [5.74, 6) is -0.341. The quantitative estimate of drug-likeness (QED) is 0.295. The minimum atomic E-state index is -0.341. The number of hydrogen-bond acceptors (Lipinski definition) is 1. The highest BCUT2D eigenvalue weighted by molar-refractivity contribution is 6.31. The minimum Gasteiger partial charge on any atom is -0.361 e. The highest BCUT2D eigenvalue weighted by atomic mass is 16.1. The van der Waals surface area contributed by atoms with Crippen molar-refractivity contribution in [3.05, 3.63) is 47.5 Å².